The molecule has 0 unspecified atom stereocenters. The molecular weight excluding hydrogens is 254 g/mol. The maximum atomic E-state index is 11.6. The summed E-state index contributed by atoms with van der Waals surface area (Å²) < 4.78 is 0. The van der Waals surface area contributed by atoms with Gasteiger partial charge in [-0.3, -0.25) is 4.79 Å². The number of aromatic carboxylic acids is 1. The van der Waals surface area contributed by atoms with Gasteiger partial charge in [-0.25, -0.2) is 9.59 Å². The van der Waals surface area contributed by atoms with Crippen LogP contribution in [0.25, 0.3) is 0 Å². The summed E-state index contributed by atoms with van der Waals surface area (Å²) >= 11 is 0. The smallest absolute Gasteiger partial charge is 0.337 e. The van der Waals surface area contributed by atoms with E-state index >= 15 is 0 Å². The molecule has 0 spiro atoms. The number of phenolic OH excluding ortho intramolecular Hbond substituents is 1. The number of carbonyl (C=O) groups excluding carboxylic acids is 1. The highest BCUT2D eigenvalue weighted by molar-refractivity contribution is 6.09. The number of benzene rings is 1. The van der Waals surface area contributed by atoms with E-state index in [9.17, 15) is 19.5 Å². The standard InChI is InChI=1S/C12H11NO6/c1-6(4-10(15)16)11(17)13-9-3-2-7(14)5-8(9)12(18)19/h2-5,14H,1H3,(H,13,17)(H,15,16)(H,18,19)/b6-4+. The van der Waals surface area contributed by atoms with E-state index < -0.39 is 17.8 Å². The normalized spacial score (nSPS) is 10.9. The SMILES string of the molecule is C/C(=C\C(=O)O)C(=O)Nc1ccc(O)cc1C(=O)O. The lowest BCUT2D eigenvalue weighted by molar-refractivity contribution is -0.131. The Morgan fingerprint density at radius 1 is 1.21 bits per heavy atom. The number of rotatable bonds is 4. The number of hydrogen-bond donors (Lipinski definition) is 4. The van der Waals surface area contributed by atoms with Crippen LogP contribution in [0.1, 0.15) is 17.3 Å². The monoisotopic (exact) mass is 265 g/mol. The maximum Gasteiger partial charge on any atom is 0.337 e. The summed E-state index contributed by atoms with van der Waals surface area (Å²) in [5.41, 5.74) is -0.415. The lowest BCUT2D eigenvalue weighted by atomic mass is 10.1. The van der Waals surface area contributed by atoms with Gasteiger partial charge in [-0.05, 0) is 25.1 Å². The maximum absolute atomic E-state index is 11.6. The second-order valence-electron chi connectivity index (χ2n) is 3.65. The fourth-order valence-electron chi connectivity index (χ4n) is 1.29. The van der Waals surface area contributed by atoms with Crippen molar-refractivity contribution in [2.24, 2.45) is 0 Å². The topological polar surface area (TPSA) is 124 Å². The largest absolute Gasteiger partial charge is 0.508 e. The molecule has 7 heteroatoms. The quantitative estimate of drug-likeness (QED) is 0.476. The van der Waals surface area contributed by atoms with Crippen LogP contribution in [-0.4, -0.2) is 33.2 Å². The first-order valence-corrected chi connectivity index (χ1v) is 5.10. The average molecular weight is 265 g/mol. The highest BCUT2D eigenvalue weighted by Crippen LogP contribution is 2.21. The van der Waals surface area contributed by atoms with Gasteiger partial charge in [0.15, 0.2) is 0 Å². The zero-order valence-electron chi connectivity index (χ0n) is 9.88. The van der Waals surface area contributed by atoms with E-state index in [1.165, 1.54) is 19.1 Å². The van der Waals surface area contributed by atoms with Gasteiger partial charge in [-0.2, -0.15) is 0 Å². The summed E-state index contributed by atoms with van der Waals surface area (Å²) in [6.07, 6.45) is 0.705. The molecule has 100 valence electrons. The Morgan fingerprint density at radius 3 is 2.37 bits per heavy atom. The number of carbonyl (C=O) groups is 3. The molecule has 0 aliphatic rings. The summed E-state index contributed by atoms with van der Waals surface area (Å²) in [4.78, 5) is 32.9. The Labute approximate surface area is 107 Å². The Hall–Kier alpha value is -2.83. The molecule has 0 aliphatic carbocycles. The van der Waals surface area contributed by atoms with E-state index in [4.69, 9.17) is 10.2 Å². The molecule has 0 saturated carbocycles. The molecule has 7 nitrogen and oxygen atoms in total. The number of hydrogen-bond acceptors (Lipinski definition) is 4. The molecule has 0 radical (unpaired) electrons. The molecular formula is C12H11NO6. The first-order chi connectivity index (χ1) is 8.81. The van der Waals surface area contributed by atoms with Gasteiger partial charge in [0.2, 0.25) is 0 Å². The van der Waals surface area contributed by atoms with Crippen molar-refractivity contribution in [3.05, 3.63) is 35.4 Å². The van der Waals surface area contributed by atoms with Crippen LogP contribution < -0.4 is 5.32 Å². The second-order valence-corrected chi connectivity index (χ2v) is 3.65. The Balaban J connectivity index is 3.03. The van der Waals surface area contributed by atoms with E-state index in [1.54, 1.807) is 0 Å². The Kier molecular flexibility index (Phi) is 4.25. The number of anilines is 1. The average Bonchev–Trinajstić information content (AvgIpc) is 2.30. The third-order valence-corrected chi connectivity index (χ3v) is 2.18. The second kappa shape index (κ2) is 5.67. The van der Waals surface area contributed by atoms with Crippen molar-refractivity contribution in [1.82, 2.24) is 0 Å². The third kappa shape index (κ3) is 3.84. The van der Waals surface area contributed by atoms with Crippen LogP contribution in [0.4, 0.5) is 5.69 Å². The minimum atomic E-state index is -1.33. The molecule has 0 aromatic heterocycles. The molecule has 0 atom stereocenters. The van der Waals surface area contributed by atoms with Crippen LogP contribution in [0.5, 0.6) is 5.75 Å². The number of phenols is 1. The van der Waals surface area contributed by atoms with Gasteiger partial charge in [0.05, 0.1) is 11.3 Å². The molecule has 1 aromatic carbocycles. The minimum Gasteiger partial charge on any atom is -0.508 e. The van der Waals surface area contributed by atoms with Gasteiger partial charge >= 0.3 is 11.9 Å². The zero-order valence-corrected chi connectivity index (χ0v) is 9.88. The molecule has 0 heterocycles. The Bertz CT molecular complexity index is 576. The molecule has 1 aromatic rings. The number of aliphatic carboxylic acids is 1. The number of nitrogens with one attached hydrogen (secondary N) is 1. The predicted molar refractivity (Wildman–Crippen MR) is 65.1 cm³/mol. The predicted octanol–water partition coefficient (Wildman–Crippen LogP) is 1.06. The van der Waals surface area contributed by atoms with Gasteiger partial charge in [0, 0.05) is 11.6 Å². The van der Waals surface area contributed by atoms with Crippen molar-refractivity contribution in [1.29, 1.82) is 0 Å². The summed E-state index contributed by atoms with van der Waals surface area (Å²) in [6, 6.07) is 3.40. The lowest BCUT2D eigenvalue weighted by Gasteiger charge is -2.08. The van der Waals surface area contributed by atoms with Crippen LogP contribution in [0.15, 0.2) is 29.8 Å². The molecule has 1 rings (SSSR count). The van der Waals surface area contributed by atoms with Gasteiger partial charge in [-0.15, -0.1) is 0 Å². The molecule has 0 bridgehead atoms. The van der Waals surface area contributed by atoms with Gasteiger partial charge in [0.25, 0.3) is 5.91 Å². The summed E-state index contributed by atoms with van der Waals surface area (Å²) in [7, 11) is 0. The minimum absolute atomic E-state index is 0.0339. The highest BCUT2D eigenvalue weighted by atomic mass is 16.4. The zero-order chi connectivity index (χ0) is 14.6. The molecule has 19 heavy (non-hydrogen) atoms. The number of amides is 1. The van der Waals surface area contributed by atoms with Crippen molar-refractivity contribution in [3.63, 3.8) is 0 Å². The van der Waals surface area contributed by atoms with E-state index in [0.717, 1.165) is 6.07 Å². The van der Waals surface area contributed by atoms with Crippen molar-refractivity contribution < 1.29 is 29.7 Å². The van der Waals surface area contributed by atoms with Crippen LogP contribution in [0, 0.1) is 0 Å². The third-order valence-electron chi connectivity index (χ3n) is 2.18. The number of carboxylic acids is 2. The van der Waals surface area contributed by atoms with Crippen LogP contribution in [0.2, 0.25) is 0 Å². The van der Waals surface area contributed by atoms with Crippen molar-refractivity contribution >= 4 is 23.5 Å². The van der Waals surface area contributed by atoms with Crippen LogP contribution in [-0.2, 0) is 9.59 Å². The number of carboxylic acid groups (broad SMARTS) is 2. The molecule has 0 aliphatic heterocycles. The van der Waals surface area contributed by atoms with Gasteiger partial charge in [0.1, 0.15) is 5.75 Å². The number of aromatic hydroxyl groups is 1. The first-order valence-electron chi connectivity index (χ1n) is 5.10. The summed E-state index contributed by atoms with van der Waals surface area (Å²) in [6.45, 7) is 1.28. The van der Waals surface area contributed by atoms with Crippen molar-refractivity contribution in [2.75, 3.05) is 5.32 Å². The highest BCUT2D eigenvalue weighted by Gasteiger charge is 2.14. The molecule has 0 saturated heterocycles. The fourth-order valence-corrected chi connectivity index (χ4v) is 1.29. The molecule has 0 fully saturated rings. The fraction of sp³-hybridized carbons (Fsp3) is 0.0833. The van der Waals surface area contributed by atoms with E-state index in [-0.39, 0.29) is 22.6 Å². The van der Waals surface area contributed by atoms with Crippen molar-refractivity contribution in [2.45, 2.75) is 6.92 Å². The summed E-state index contributed by atoms with van der Waals surface area (Å²) in [5, 5.41) is 28.9. The van der Waals surface area contributed by atoms with Crippen molar-refractivity contribution in [3.8, 4) is 5.75 Å². The summed E-state index contributed by atoms with van der Waals surface area (Å²) in [5.74, 6) is -3.60. The van der Waals surface area contributed by atoms with E-state index in [2.05, 4.69) is 5.32 Å². The van der Waals surface area contributed by atoms with E-state index in [1.807, 2.05) is 0 Å². The van der Waals surface area contributed by atoms with Crippen LogP contribution in [0.3, 0.4) is 0 Å². The first kappa shape index (κ1) is 14.2. The lowest BCUT2D eigenvalue weighted by Crippen LogP contribution is -2.16. The van der Waals surface area contributed by atoms with E-state index in [0.29, 0.717) is 6.08 Å². The van der Waals surface area contributed by atoms with Crippen LogP contribution >= 0.6 is 0 Å². The molecule has 4 N–H and O–H groups in total. The van der Waals surface area contributed by atoms with Gasteiger partial charge < -0.3 is 20.6 Å². The Morgan fingerprint density at radius 2 is 1.84 bits per heavy atom. The molecule has 1 amide bonds. The van der Waals surface area contributed by atoms with Gasteiger partial charge in [-0.1, -0.05) is 0 Å².